The van der Waals surface area contributed by atoms with Gasteiger partial charge < -0.3 is 25.0 Å². The second-order valence-corrected chi connectivity index (χ2v) is 6.53. The third kappa shape index (κ3) is 4.93. The minimum absolute atomic E-state index is 0.0171. The molecule has 2 N–H and O–H groups in total. The summed E-state index contributed by atoms with van der Waals surface area (Å²) < 4.78 is 11.1. The topological polar surface area (TPSA) is 79.9 Å². The molecule has 3 rings (SSSR count). The lowest BCUT2D eigenvalue weighted by molar-refractivity contribution is -0.138. The van der Waals surface area contributed by atoms with Gasteiger partial charge in [-0.2, -0.15) is 0 Å². The van der Waals surface area contributed by atoms with Crippen molar-refractivity contribution >= 4 is 17.6 Å². The van der Waals surface area contributed by atoms with Crippen LogP contribution in [0.2, 0.25) is 0 Å². The molecule has 136 valence electrons. The van der Waals surface area contributed by atoms with E-state index < -0.39 is 0 Å². The zero-order chi connectivity index (χ0) is 17.6. The number of rotatable bonds is 4. The van der Waals surface area contributed by atoms with Crippen LogP contribution < -0.4 is 10.6 Å². The number of carbonyl (C=O) groups is 2. The number of amides is 3. The van der Waals surface area contributed by atoms with Gasteiger partial charge in [0.2, 0.25) is 5.91 Å². The van der Waals surface area contributed by atoms with Crippen molar-refractivity contribution in [2.24, 2.45) is 5.92 Å². The van der Waals surface area contributed by atoms with E-state index in [0.29, 0.717) is 32.0 Å². The number of nitrogens with one attached hydrogen (secondary N) is 2. The Hall–Kier alpha value is -2.12. The zero-order valence-electron chi connectivity index (χ0n) is 14.5. The maximum absolute atomic E-state index is 12.4. The van der Waals surface area contributed by atoms with Gasteiger partial charge >= 0.3 is 6.03 Å². The Bertz CT molecular complexity index is 616. The molecule has 7 nitrogen and oxygen atoms in total. The van der Waals surface area contributed by atoms with Crippen LogP contribution in [0.25, 0.3) is 0 Å². The quantitative estimate of drug-likeness (QED) is 0.869. The van der Waals surface area contributed by atoms with Gasteiger partial charge in [-0.05, 0) is 37.5 Å². The normalized spacial score (nSPS) is 21.2. The van der Waals surface area contributed by atoms with E-state index >= 15 is 0 Å². The molecule has 0 radical (unpaired) electrons. The fraction of sp³-hybridized carbons (Fsp3) is 0.556. The molecule has 0 bridgehead atoms. The molecule has 0 aliphatic carbocycles. The maximum atomic E-state index is 12.4. The average molecular weight is 347 g/mol. The highest BCUT2D eigenvalue weighted by Gasteiger charge is 2.32. The Balaban J connectivity index is 1.44. The largest absolute Gasteiger partial charge is 0.350 e. The van der Waals surface area contributed by atoms with Crippen LogP contribution >= 0.6 is 0 Å². The zero-order valence-corrected chi connectivity index (χ0v) is 14.5. The molecular formula is C18H25N3O4. The predicted octanol–water partition coefficient (Wildman–Crippen LogP) is 1.73. The molecule has 1 unspecified atom stereocenters. The Labute approximate surface area is 147 Å². The lowest BCUT2D eigenvalue weighted by Gasteiger charge is -2.34. The van der Waals surface area contributed by atoms with Crippen molar-refractivity contribution in [2.75, 3.05) is 38.2 Å². The van der Waals surface area contributed by atoms with Crippen LogP contribution in [0.4, 0.5) is 10.5 Å². The van der Waals surface area contributed by atoms with E-state index in [1.165, 1.54) is 0 Å². The van der Waals surface area contributed by atoms with E-state index in [-0.39, 0.29) is 30.7 Å². The number of nitrogens with zero attached hydrogens (tertiary/aromatic N) is 1. The van der Waals surface area contributed by atoms with Gasteiger partial charge in [-0.3, -0.25) is 4.79 Å². The van der Waals surface area contributed by atoms with E-state index in [9.17, 15) is 9.59 Å². The van der Waals surface area contributed by atoms with E-state index in [4.69, 9.17) is 9.47 Å². The van der Waals surface area contributed by atoms with Crippen LogP contribution in [-0.2, 0) is 14.3 Å². The molecular weight excluding hydrogens is 322 g/mol. The first-order valence-electron chi connectivity index (χ1n) is 8.74. The summed E-state index contributed by atoms with van der Waals surface area (Å²) in [6.07, 6.45) is 1.72. The van der Waals surface area contributed by atoms with E-state index in [2.05, 4.69) is 10.6 Å². The average Bonchev–Trinajstić information content (AvgIpc) is 3.14. The standard InChI is InChI=1S/C18H25N3O4/c1-13-4-2-6-15(10-13)20-18(23)19-11-16(22)21-7-3-5-14(12-21)17-24-8-9-25-17/h2,4,6,10,14,17H,3,5,7-9,11-12H2,1H3,(H2,19,20,23). The molecule has 1 aromatic rings. The number of anilines is 1. The molecule has 2 heterocycles. The number of aryl methyl sites for hydroxylation is 1. The highest BCUT2D eigenvalue weighted by molar-refractivity contribution is 5.92. The van der Waals surface area contributed by atoms with Crippen molar-refractivity contribution < 1.29 is 19.1 Å². The summed E-state index contributed by atoms with van der Waals surface area (Å²) >= 11 is 0. The van der Waals surface area contributed by atoms with Crippen LogP contribution in [0.3, 0.4) is 0 Å². The van der Waals surface area contributed by atoms with E-state index in [1.807, 2.05) is 31.2 Å². The second kappa shape index (κ2) is 8.31. The van der Waals surface area contributed by atoms with Crippen molar-refractivity contribution in [3.8, 4) is 0 Å². The first-order chi connectivity index (χ1) is 12.1. The van der Waals surface area contributed by atoms with Gasteiger partial charge in [0.25, 0.3) is 0 Å². The maximum Gasteiger partial charge on any atom is 0.319 e. The lowest BCUT2D eigenvalue weighted by Crippen LogP contribution is -2.47. The summed E-state index contributed by atoms with van der Waals surface area (Å²) in [6, 6.07) is 7.13. The number of hydrogen-bond acceptors (Lipinski definition) is 4. The minimum atomic E-state index is -0.380. The summed E-state index contributed by atoms with van der Waals surface area (Å²) in [5.74, 6) is 0.128. The summed E-state index contributed by atoms with van der Waals surface area (Å²) in [7, 11) is 0. The summed E-state index contributed by atoms with van der Waals surface area (Å²) in [4.78, 5) is 26.1. The minimum Gasteiger partial charge on any atom is -0.350 e. The van der Waals surface area contributed by atoms with Crippen molar-refractivity contribution in [3.63, 3.8) is 0 Å². The van der Waals surface area contributed by atoms with E-state index in [1.54, 1.807) is 4.90 Å². The molecule has 2 saturated heterocycles. The first-order valence-corrected chi connectivity index (χ1v) is 8.74. The number of hydrogen-bond donors (Lipinski definition) is 2. The van der Waals surface area contributed by atoms with Crippen molar-refractivity contribution in [1.29, 1.82) is 0 Å². The molecule has 7 heteroatoms. The number of urea groups is 1. The summed E-state index contributed by atoms with van der Waals surface area (Å²) in [6.45, 7) is 4.51. The Kier molecular flexibility index (Phi) is 5.88. The molecule has 1 aromatic carbocycles. The molecule has 2 fully saturated rings. The highest BCUT2D eigenvalue weighted by atomic mass is 16.7. The molecule has 0 aromatic heterocycles. The van der Waals surface area contributed by atoms with Crippen molar-refractivity contribution in [1.82, 2.24) is 10.2 Å². The molecule has 2 aliphatic heterocycles. The van der Waals surface area contributed by atoms with E-state index in [0.717, 1.165) is 18.4 Å². The van der Waals surface area contributed by atoms with Gasteiger partial charge in [-0.1, -0.05) is 12.1 Å². The number of ether oxygens (including phenoxy) is 2. The Morgan fingerprint density at radius 3 is 2.84 bits per heavy atom. The smallest absolute Gasteiger partial charge is 0.319 e. The fourth-order valence-corrected chi connectivity index (χ4v) is 3.27. The van der Waals surface area contributed by atoms with Crippen LogP contribution in [0.15, 0.2) is 24.3 Å². The monoisotopic (exact) mass is 347 g/mol. The second-order valence-electron chi connectivity index (χ2n) is 6.53. The predicted molar refractivity (Wildman–Crippen MR) is 93.2 cm³/mol. The SMILES string of the molecule is Cc1cccc(NC(=O)NCC(=O)N2CCCC(C3OCCO3)C2)c1. The Morgan fingerprint density at radius 2 is 2.08 bits per heavy atom. The molecule has 0 saturated carbocycles. The number of likely N-dealkylation sites (tertiary alicyclic amines) is 1. The number of piperidine rings is 1. The first kappa shape index (κ1) is 17.7. The fourth-order valence-electron chi connectivity index (χ4n) is 3.27. The van der Waals surface area contributed by atoms with Crippen LogP contribution in [-0.4, -0.2) is 56.0 Å². The van der Waals surface area contributed by atoms with Gasteiger partial charge in [0, 0.05) is 24.7 Å². The molecule has 25 heavy (non-hydrogen) atoms. The van der Waals surface area contributed by atoms with Crippen LogP contribution in [0.5, 0.6) is 0 Å². The van der Waals surface area contributed by atoms with Gasteiger partial charge in [-0.25, -0.2) is 4.79 Å². The summed E-state index contributed by atoms with van der Waals surface area (Å²) in [5, 5.41) is 5.36. The summed E-state index contributed by atoms with van der Waals surface area (Å²) in [5.41, 5.74) is 1.77. The molecule has 0 spiro atoms. The molecule has 1 atom stereocenters. The van der Waals surface area contributed by atoms with Gasteiger partial charge in [0.05, 0.1) is 19.8 Å². The van der Waals surface area contributed by atoms with Gasteiger partial charge in [-0.15, -0.1) is 0 Å². The third-order valence-corrected chi connectivity index (χ3v) is 4.52. The third-order valence-electron chi connectivity index (χ3n) is 4.52. The van der Waals surface area contributed by atoms with Crippen molar-refractivity contribution in [2.45, 2.75) is 26.1 Å². The van der Waals surface area contributed by atoms with Gasteiger partial charge in [0.1, 0.15) is 0 Å². The Morgan fingerprint density at radius 1 is 1.28 bits per heavy atom. The molecule has 2 aliphatic rings. The lowest BCUT2D eigenvalue weighted by atomic mass is 9.97. The number of carbonyl (C=O) groups excluding carboxylic acids is 2. The van der Waals surface area contributed by atoms with Crippen molar-refractivity contribution in [3.05, 3.63) is 29.8 Å². The highest BCUT2D eigenvalue weighted by Crippen LogP contribution is 2.24. The van der Waals surface area contributed by atoms with Crippen LogP contribution in [0, 0.1) is 12.8 Å². The molecule has 3 amide bonds. The van der Waals surface area contributed by atoms with Gasteiger partial charge in [0.15, 0.2) is 6.29 Å². The van der Waals surface area contributed by atoms with Crippen LogP contribution in [0.1, 0.15) is 18.4 Å². The number of benzene rings is 1.